The van der Waals surface area contributed by atoms with Crippen LogP contribution in [0.15, 0.2) is 29.2 Å². The second-order valence-corrected chi connectivity index (χ2v) is 6.04. The molecule has 21 heavy (non-hydrogen) atoms. The van der Waals surface area contributed by atoms with Crippen molar-refractivity contribution in [3.8, 4) is 0 Å². The largest absolute Gasteiger partial charge is 0.465 e. The average molecular weight is 291 g/mol. The normalized spacial score (nSPS) is 29.5. The van der Waals surface area contributed by atoms with Crippen LogP contribution < -0.4 is 0 Å². The van der Waals surface area contributed by atoms with Gasteiger partial charge in [-0.1, -0.05) is 6.08 Å². The van der Waals surface area contributed by atoms with Crippen LogP contribution in [0.2, 0.25) is 0 Å². The number of furan rings is 1. The quantitative estimate of drug-likeness (QED) is 0.596. The van der Waals surface area contributed by atoms with Crippen LogP contribution in [-0.2, 0) is 16.0 Å². The monoisotopic (exact) mass is 291 g/mol. The lowest BCUT2D eigenvalue weighted by atomic mass is 9.99. The van der Waals surface area contributed by atoms with Crippen LogP contribution in [-0.4, -0.2) is 42.9 Å². The van der Waals surface area contributed by atoms with E-state index in [1.165, 1.54) is 6.42 Å². The highest BCUT2D eigenvalue weighted by molar-refractivity contribution is 5.06. The maximum Gasteiger partial charge on any atom is 0.118 e. The number of hydrogen-bond acceptors (Lipinski definition) is 4. The molecule has 3 rings (SSSR count). The fraction of sp³-hybridized carbons (Fsp3) is 0.647. The molecule has 0 aliphatic carbocycles. The van der Waals surface area contributed by atoms with Crippen LogP contribution in [0.5, 0.6) is 0 Å². The maximum absolute atomic E-state index is 6.20. The number of likely N-dealkylation sites (tertiary alicyclic amines) is 1. The maximum atomic E-state index is 6.20. The summed E-state index contributed by atoms with van der Waals surface area (Å²) in [5.74, 6) is 2.05. The zero-order valence-electron chi connectivity index (χ0n) is 12.8. The Morgan fingerprint density at radius 2 is 2.29 bits per heavy atom. The molecule has 0 amide bonds. The lowest BCUT2D eigenvalue weighted by Crippen LogP contribution is -2.43. The summed E-state index contributed by atoms with van der Waals surface area (Å²) < 4.78 is 17.4. The van der Waals surface area contributed by atoms with E-state index in [2.05, 4.69) is 17.5 Å². The molecule has 3 atom stereocenters. The van der Waals surface area contributed by atoms with E-state index in [0.29, 0.717) is 25.4 Å². The molecule has 2 aliphatic heterocycles. The third kappa shape index (κ3) is 3.57. The minimum Gasteiger partial charge on any atom is -0.465 e. The van der Waals surface area contributed by atoms with Gasteiger partial charge in [0.05, 0.1) is 32.0 Å². The Morgan fingerprint density at radius 3 is 3.05 bits per heavy atom. The summed E-state index contributed by atoms with van der Waals surface area (Å²) in [6, 6.07) is 4.65. The highest BCUT2D eigenvalue weighted by Gasteiger charge is 2.39. The minimum absolute atomic E-state index is 0.247. The Morgan fingerprint density at radius 1 is 1.38 bits per heavy atom. The van der Waals surface area contributed by atoms with Gasteiger partial charge in [0, 0.05) is 12.6 Å². The Labute approximate surface area is 126 Å². The van der Waals surface area contributed by atoms with Crippen molar-refractivity contribution in [2.24, 2.45) is 0 Å². The van der Waals surface area contributed by atoms with E-state index in [-0.39, 0.29) is 6.10 Å². The average Bonchev–Trinajstić information content (AvgIpc) is 3.06. The lowest BCUT2D eigenvalue weighted by molar-refractivity contribution is -0.0975. The Hall–Kier alpha value is -1.10. The number of aryl methyl sites for hydroxylation is 1. The summed E-state index contributed by atoms with van der Waals surface area (Å²) in [5.41, 5.74) is 0. The summed E-state index contributed by atoms with van der Waals surface area (Å²) in [6.07, 6.45) is 5.76. The third-order valence-electron chi connectivity index (χ3n) is 4.45. The predicted octanol–water partition coefficient (Wildman–Crippen LogP) is 2.91. The number of fused-ring (bicyclic) bond motifs is 1. The molecule has 116 valence electrons. The molecule has 0 saturated carbocycles. The van der Waals surface area contributed by atoms with E-state index in [4.69, 9.17) is 13.9 Å². The third-order valence-corrected chi connectivity index (χ3v) is 4.45. The summed E-state index contributed by atoms with van der Waals surface area (Å²) >= 11 is 0. The minimum atomic E-state index is 0.247. The predicted molar refractivity (Wildman–Crippen MR) is 81.2 cm³/mol. The zero-order valence-corrected chi connectivity index (χ0v) is 12.8. The Bertz CT molecular complexity index is 470. The second-order valence-electron chi connectivity index (χ2n) is 6.04. The van der Waals surface area contributed by atoms with Crippen molar-refractivity contribution in [2.45, 2.75) is 51.0 Å². The lowest BCUT2D eigenvalue weighted by Gasteiger charge is -2.35. The van der Waals surface area contributed by atoms with E-state index in [0.717, 1.165) is 37.5 Å². The first kappa shape index (κ1) is 14.8. The molecule has 1 aromatic heterocycles. The van der Waals surface area contributed by atoms with Crippen LogP contribution in [0, 0.1) is 6.92 Å². The van der Waals surface area contributed by atoms with Gasteiger partial charge in [-0.2, -0.15) is 0 Å². The molecule has 0 aromatic carbocycles. The van der Waals surface area contributed by atoms with Crippen molar-refractivity contribution < 1.29 is 13.9 Å². The van der Waals surface area contributed by atoms with Gasteiger partial charge in [-0.3, -0.25) is 4.90 Å². The molecule has 3 heterocycles. The van der Waals surface area contributed by atoms with Crippen LogP contribution in [0.4, 0.5) is 0 Å². The fourth-order valence-corrected chi connectivity index (χ4v) is 3.46. The number of rotatable bonds is 6. The van der Waals surface area contributed by atoms with Gasteiger partial charge >= 0.3 is 0 Å². The molecule has 4 nitrogen and oxygen atoms in total. The molecule has 1 aromatic rings. The van der Waals surface area contributed by atoms with Gasteiger partial charge in [0.2, 0.25) is 0 Å². The number of hydrogen-bond donors (Lipinski definition) is 0. The first-order valence-corrected chi connectivity index (χ1v) is 7.89. The molecule has 0 radical (unpaired) electrons. The van der Waals surface area contributed by atoms with Crippen molar-refractivity contribution in [3.05, 3.63) is 36.3 Å². The van der Waals surface area contributed by atoms with Crippen molar-refractivity contribution in [2.75, 3.05) is 19.8 Å². The fourth-order valence-electron chi connectivity index (χ4n) is 3.46. The van der Waals surface area contributed by atoms with Crippen LogP contribution in [0.25, 0.3) is 0 Å². The molecule has 0 spiro atoms. The molecular weight excluding hydrogens is 266 g/mol. The van der Waals surface area contributed by atoms with Gasteiger partial charge in [-0.25, -0.2) is 0 Å². The van der Waals surface area contributed by atoms with Crippen molar-refractivity contribution in [3.63, 3.8) is 0 Å². The summed E-state index contributed by atoms with van der Waals surface area (Å²) in [4.78, 5) is 2.50. The molecule has 2 saturated heterocycles. The van der Waals surface area contributed by atoms with Gasteiger partial charge in [0.15, 0.2) is 0 Å². The van der Waals surface area contributed by atoms with Crippen molar-refractivity contribution >= 4 is 0 Å². The molecule has 0 unspecified atom stereocenters. The summed E-state index contributed by atoms with van der Waals surface area (Å²) in [6.45, 7) is 8.95. The van der Waals surface area contributed by atoms with Crippen molar-refractivity contribution in [1.29, 1.82) is 0 Å². The van der Waals surface area contributed by atoms with E-state index < -0.39 is 0 Å². The molecule has 0 N–H and O–H groups in total. The van der Waals surface area contributed by atoms with Crippen molar-refractivity contribution in [1.82, 2.24) is 4.90 Å². The zero-order chi connectivity index (χ0) is 14.7. The summed E-state index contributed by atoms with van der Waals surface area (Å²) in [7, 11) is 0. The standard InChI is InChI=1S/C17H25NO3/c1-3-10-19-12-15-6-7-16-17(21-15)8-9-18(16)11-14-5-4-13(2)20-14/h3-5,15-17H,1,6-12H2,2H3/t15-,16-,17-/m0/s1. The van der Waals surface area contributed by atoms with Gasteiger partial charge in [0.25, 0.3) is 0 Å². The van der Waals surface area contributed by atoms with Gasteiger partial charge in [0.1, 0.15) is 11.5 Å². The van der Waals surface area contributed by atoms with Crippen LogP contribution in [0.3, 0.4) is 0 Å². The Kier molecular flexibility index (Phi) is 4.78. The summed E-state index contributed by atoms with van der Waals surface area (Å²) in [5, 5.41) is 0. The van der Waals surface area contributed by atoms with Gasteiger partial charge in [-0.05, 0) is 38.3 Å². The SMILES string of the molecule is C=CCOC[C@@H]1CC[C@H]2[C@H](CCN2Cc2ccc(C)o2)O1. The Balaban J connectivity index is 1.51. The van der Waals surface area contributed by atoms with Gasteiger partial charge in [-0.15, -0.1) is 6.58 Å². The molecule has 2 fully saturated rings. The number of ether oxygens (including phenoxy) is 2. The highest BCUT2D eigenvalue weighted by Crippen LogP contribution is 2.32. The highest BCUT2D eigenvalue weighted by atomic mass is 16.5. The first-order chi connectivity index (χ1) is 10.3. The molecule has 4 heteroatoms. The molecule has 0 bridgehead atoms. The van der Waals surface area contributed by atoms with E-state index >= 15 is 0 Å². The van der Waals surface area contributed by atoms with E-state index in [1.807, 2.05) is 13.0 Å². The number of nitrogens with zero attached hydrogens (tertiary/aromatic N) is 1. The van der Waals surface area contributed by atoms with E-state index in [1.54, 1.807) is 6.08 Å². The smallest absolute Gasteiger partial charge is 0.118 e. The topological polar surface area (TPSA) is 34.8 Å². The second kappa shape index (κ2) is 6.77. The van der Waals surface area contributed by atoms with Crippen LogP contribution in [0.1, 0.15) is 30.8 Å². The van der Waals surface area contributed by atoms with E-state index in [9.17, 15) is 0 Å². The molecule has 2 aliphatic rings. The molecular formula is C17H25NO3. The van der Waals surface area contributed by atoms with Gasteiger partial charge < -0.3 is 13.9 Å². The van der Waals surface area contributed by atoms with Crippen LogP contribution >= 0.6 is 0 Å². The first-order valence-electron chi connectivity index (χ1n) is 7.89.